The Hall–Kier alpha value is -0.190. The Morgan fingerprint density at radius 2 is 1.69 bits per heavy atom. The van der Waals surface area contributed by atoms with Gasteiger partial charge in [-0.1, -0.05) is 34.8 Å². The van der Waals surface area contributed by atoms with Gasteiger partial charge in [0.15, 0.2) is 0 Å². The van der Waals surface area contributed by atoms with Crippen molar-refractivity contribution in [3.8, 4) is 5.75 Å². The molecule has 0 amide bonds. The van der Waals surface area contributed by atoms with Crippen molar-refractivity contribution in [2.75, 3.05) is 27.2 Å². The highest BCUT2D eigenvalue weighted by atomic mass is 35.5. The van der Waals surface area contributed by atoms with Gasteiger partial charge in [-0.2, -0.15) is 0 Å². The summed E-state index contributed by atoms with van der Waals surface area (Å²) in [5.41, 5.74) is 0. The van der Waals surface area contributed by atoms with Crippen LogP contribution in [-0.4, -0.2) is 31.9 Å². The van der Waals surface area contributed by atoms with Crippen LogP contribution in [0.25, 0.3) is 0 Å². The number of hydroxylamine groups is 3. The second-order valence-corrected chi connectivity index (χ2v) is 5.06. The second kappa shape index (κ2) is 5.43. The maximum Gasteiger partial charge on any atom is 0.139 e. The SMILES string of the molecule is C[N+](C)([O-])CCOc1cc(Cl)c(Cl)cc1Cl. The standard InChI is InChI=1S/C10H12Cl3NO2/c1-14(2,15)3-4-16-10-6-8(12)7(11)5-9(10)13/h5-6H,3-4H2,1-2H3. The number of benzene rings is 1. The van der Waals surface area contributed by atoms with Gasteiger partial charge in [0.2, 0.25) is 0 Å². The van der Waals surface area contributed by atoms with Gasteiger partial charge < -0.3 is 14.6 Å². The smallest absolute Gasteiger partial charge is 0.139 e. The van der Waals surface area contributed by atoms with E-state index in [1.165, 1.54) is 12.1 Å². The van der Waals surface area contributed by atoms with E-state index in [4.69, 9.17) is 39.5 Å². The van der Waals surface area contributed by atoms with Crippen LogP contribution in [-0.2, 0) is 0 Å². The summed E-state index contributed by atoms with van der Waals surface area (Å²) >= 11 is 17.5. The lowest BCUT2D eigenvalue weighted by Gasteiger charge is -2.33. The Morgan fingerprint density at radius 3 is 2.25 bits per heavy atom. The molecule has 90 valence electrons. The van der Waals surface area contributed by atoms with Gasteiger partial charge in [0.05, 0.1) is 29.2 Å². The van der Waals surface area contributed by atoms with Gasteiger partial charge in [-0.3, -0.25) is 0 Å². The van der Waals surface area contributed by atoms with Gasteiger partial charge in [-0.25, -0.2) is 0 Å². The molecule has 0 aliphatic carbocycles. The minimum atomic E-state index is -0.418. The third-order valence-electron chi connectivity index (χ3n) is 1.86. The summed E-state index contributed by atoms with van der Waals surface area (Å²) in [6.45, 7) is 0.602. The number of ether oxygens (including phenoxy) is 1. The van der Waals surface area contributed by atoms with E-state index >= 15 is 0 Å². The number of quaternary nitrogens is 1. The van der Waals surface area contributed by atoms with Crippen molar-refractivity contribution in [2.45, 2.75) is 0 Å². The highest BCUT2D eigenvalue weighted by molar-refractivity contribution is 6.43. The summed E-state index contributed by atoms with van der Waals surface area (Å²) in [6.07, 6.45) is 0. The van der Waals surface area contributed by atoms with E-state index in [-0.39, 0.29) is 6.61 Å². The molecular weight excluding hydrogens is 272 g/mol. The lowest BCUT2D eigenvalue weighted by Crippen LogP contribution is -2.36. The van der Waals surface area contributed by atoms with Crippen LogP contribution in [0, 0.1) is 5.21 Å². The first kappa shape index (κ1) is 13.9. The fraction of sp³-hybridized carbons (Fsp3) is 0.400. The van der Waals surface area contributed by atoms with Crippen molar-refractivity contribution in [2.24, 2.45) is 0 Å². The molecule has 0 atom stereocenters. The molecule has 16 heavy (non-hydrogen) atoms. The lowest BCUT2D eigenvalue weighted by molar-refractivity contribution is -0.840. The Bertz CT molecular complexity index is 377. The number of likely N-dealkylation sites (N-methyl/N-ethyl adjacent to an activating group) is 1. The highest BCUT2D eigenvalue weighted by Gasteiger charge is 2.08. The number of halogens is 3. The molecule has 0 saturated heterocycles. The molecule has 0 spiro atoms. The fourth-order valence-electron chi connectivity index (χ4n) is 0.990. The largest absolute Gasteiger partial charge is 0.633 e. The monoisotopic (exact) mass is 283 g/mol. The summed E-state index contributed by atoms with van der Waals surface area (Å²) in [4.78, 5) is 0. The number of nitrogens with zero attached hydrogens (tertiary/aromatic N) is 1. The zero-order valence-electron chi connectivity index (χ0n) is 8.97. The molecule has 0 unspecified atom stereocenters. The summed E-state index contributed by atoms with van der Waals surface area (Å²) < 4.78 is 4.94. The van der Waals surface area contributed by atoms with Gasteiger partial charge in [0.1, 0.15) is 18.9 Å². The molecule has 6 heteroatoms. The van der Waals surface area contributed by atoms with E-state index in [0.29, 0.717) is 27.4 Å². The third kappa shape index (κ3) is 4.36. The summed E-state index contributed by atoms with van der Waals surface area (Å²) in [7, 11) is 3.08. The molecule has 1 rings (SSSR count). The lowest BCUT2D eigenvalue weighted by atomic mass is 10.3. The van der Waals surface area contributed by atoms with E-state index in [2.05, 4.69) is 0 Å². The number of rotatable bonds is 4. The Labute approximate surface area is 110 Å². The third-order valence-corrected chi connectivity index (χ3v) is 2.88. The van der Waals surface area contributed by atoms with E-state index in [9.17, 15) is 5.21 Å². The minimum Gasteiger partial charge on any atom is -0.633 e. The van der Waals surface area contributed by atoms with Gasteiger partial charge in [0.25, 0.3) is 0 Å². The van der Waals surface area contributed by atoms with Crippen LogP contribution < -0.4 is 4.74 Å². The van der Waals surface area contributed by atoms with Crippen LogP contribution in [0.5, 0.6) is 5.75 Å². The molecule has 1 aromatic rings. The van der Waals surface area contributed by atoms with Crippen LogP contribution in [0.3, 0.4) is 0 Å². The molecule has 0 saturated carbocycles. The molecule has 0 heterocycles. The molecule has 0 fully saturated rings. The fourth-order valence-corrected chi connectivity index (χ4v) is 1.58. The van der Waals surface area contributed by atoms with Gasteiger partial charge in [0, 0.05) is 6.07 Å². The number of hydrogen-bond donors (Lipinski definition) is 0. The van der Waals surface area contributed by atoms with E-state index in [1.54, 1.807) is 14.1 Å². The van der Waals surface area contributed by atoms with Crippen LogP contribution in [0.1, 0.15) is 0 Å². The minimum absolute atomic E-state index is 0.272. The highest BCUT2D eigenvalue weighted by Crippen LogP contribution is 2.33. The topological polar surface area (TPSA) is 32.3 Å². The summed E-state index contributed by atoms with van der Waals surface area (Å²) in [5, 5.41) is 12.4. The molecule has 1 aromatic carbocycles. The van der Waals surface area contributed by atoms with E-state index < -0.39 is 4.65 Å². The number of hydrogen-bond acceptors (Lipinski definition) is 2. The van der Waals surface area contributed by atoms with Crippen molar-refractivity contribution in [1.82, 2.24) is 0 Å². The normalized spacial score (nSPS) is 11.6. The van der Waals surface area contributed by atoms with Gasteiger partial charge >= 0.3 is 0 Å². The van der Waals surface area contributed by atoms with Gasteiger partial charge in [-0.05, 0) is 6.07 Å². The Kier molecular flexibility index (Phi) is 4.71. The van der Waals surface area contributed by atoms with Crippen molar-refractivity contribution >= 4 is 34.8 Å². The van der Waals surface area contributed by atoms with Crippen molar-refractivity contribution in [3.05, 3.63) is 32.4 Å². The predicted octanol–water partition coefficient (Wildman–Crippen LogP) is 3.60. The van der Waals surface area contributed by atoms with Crippen LogP contribution in [0.15, 0.2) is 12.1 Å². The van der Waals surface area contributed by atoms with Crippen LogP contribution in [0.2, 0.25) is 15.1 Å². The molecule has 0 aromatic heterocycles. The maximum atomic E-state index is 11.3. The average Bonchev–Trinajstić information content (AvgIpc) is 2.11. The summed E-state index contributed by atoms with van der Waals surface area (Å²) in [6, 6.07) is 3.05. The quantitative estimate of drug-likeness (QED) is 0.481. The average molecular weight is 285 g/mol. The maximum absolute atomic E-state index is 11.3. The molecule has 0 aliphatic rings. The first-order valence-corrected chi connectivity index (χ1v) is 5.74. The first-order valence-electron chi connectivity index (χ1n) is 4.61. The summed E-state index contributed by atoms with van der Waals surface area (Å²) in [5.74, 6) is 0.435. The zero-order valence-corrected chi connectivity index (χ0v) is 11.2. The molecule has 0 bridgehead atoms. The molecule has 0 radical (unpaired) electrons. The van der Waals surface area contributed by atoms with Crippen molar-refractivity contribution < 1.29 is 9.38 Å². The molecule has 0 aliphatic heterocycles. The predicted molar refractivity (Wildman–Crippen MR) is 67.3 cm³/mol. The van der Waals surface area contributed by atoms with Crippen molar-refractivity contribution in [3.63, 3.8) is 0 Å². The second-order valence-electron chi connectivity index (χ2n) is 3.84. The van der Waals surface area contributed by atoms with E-state index in [1.807, 2.05) is 0 Å². The zero-order chi connectivity index (χ0) is 12.3. The van der Waals surface area contributed by atoms with Crippen molar-refractivity contribution in [1.29, 1.82) is 0 Å². The Balaban J connectivity index is 2.64. The Morgan fingerprint density at radius 1 is 1.12 bits per heavy atom. The first-order chi connectivity index (χ1) is 7.29. The van der Waals surface area contributed by atoms with E-state index in [0.717, 1.165) is 0 Å². The molecule has 0 N–H and O–H groups in total. The van der Waals surface area contributed by atoms with Crippen LogP contribution in [0.4, 0.5) is 0 Å². The van der Waals surface area contributed by atoms with Crippen LogP contribution >= 0.6 is 34.8 Å². The molecule has 3 nitrogen and oxygen atoms in total. The molecular formula is C10H12Cl3NO2. The van der Waals surface area contributed by atoms with Gasteiger partial charge in [-0.15, -0.1) is 0 Å².